The van der Waals surface area contributed by atoms with Gasteiger partial charge < -0.3 is 11.1 Å². The Kier molecular flexibility index (Phi) is 3.93. The van der Waals surface area contributed by atoms with Gasteiger partial charge in [-0.25, -0.2) is 0 Å². The maximum Gasteiger partial charge on any atom is 0.416 e. The summed E-state index contributed by atoms with van der Waals surface area (Å²) in [4.78, 5) is 11.1. The highest BCUT2D eigenvalue weighted by atomic mass is 35.5. The number of aromatic nitrogens is 3. The molecule has 1 aromatic heterocycles. The lowest BCUT2D eigenvalue weighted by molar-refractivity contribution is -0.137. The standard InChI is InChI=1S/C11H9ClF3N5/c12-8-18-9(16)20-10(19-8)17-5-6-2-1-3-7(4-6)11(13,14)15/h1-4H,5H2,(H3,16,17,18,19,20). The zero-order valence-corrected chi connectivity index (χ0v) is 10.7. The lowest BCUT2D eigenvalue weighted by Crippen LogP contribution is -2.09. The minimum absolute atomic E-state index is 0.0726. The first kappa shape index (κ1) is 14.3. The molecule has 106 valence electrons. The summed E-state index contributed by atoms with van der Waals surface area (Å²) >= 11 is 5.59. The molecule has 20 heavy (non-hydrogen) atoms. The SMILES string of the molecule is Nc1nc(Cl)nc(NCc2cccc(C(F)(F)F)c2)n1. The summed E-state index contributed by atoms with van der Waals surface area (Å²) in [5, 5.41) is 2.63. The first-order chi connectivity index (χ1) is 9.34. The molecule has 5 nitrogen and oxygen atoms in total. The molecule has 0 bridgehead atoms. The van der Waals surface area contributed by atoms with Gasteiger partial charge in [-0.05, 0) is 29.3 Å². The van der Waals surface area contributed by atoms with Crippen molar-refractivity contribution >= 4 is 23.5 Å². The second kappa shape index (κ2) is 5.49. The monoisotopic (exact) mass is 303 g/mol. The van der Waals surface area contributed by atoms with E-state index >= 15 is 0 Å². The van der Waals surface area contributed by atoms with Crippen LogP contribution < -0.4 is 11.1 Å². The van der Waals surface area contributed by atoms with Crippen molar-refractivity contribution in [3.63, 3.8) is 0 Å². The van der Waals surface area contributed by atoms with Crippen molar-refractivity contribution < 1.29 is 13.2 Å². The quantitative estimate of drug-likeness (QED) is 0.911. The summed E-state index contributed by atoms with van der Waals surface area (Å²) in [6.07, 6.45) is -4.38. The van der Waals surface area contributed by atoms with Crippen molar-refractivity contribution in [1.29, 1.82) is 0 Å². The third kappa shape index (κ3) is 3.70. The first-order valence-electron chi connectivity index (χ1n) is 5.41. The summed E-state index contributed by atoms with van der Waals surface area (Å²) < 4.78 is 37.6. The number of nitrogen functional groups attached to an aromatic ring is 1. The topological polar surface area (TPSA) is 76.7 Å². The molecule has 2 rings (SSSR count). The number of alkyl halides is 3. The van der Waals surface area contributed by atoms with Crippen LogP contribution in [0.25, 0.3) is 0 Å². The Hall–Kier alpha value is -2.09. The molecule has 0 fully saturated rings. The van der Waals surface area contributed by atoms with Gasteiger partial charge in [-0.1, -0.05) is 12.1 Å². The van der Waals surface area contributed by atoms with Crippen molar-refractivity contribution in [3.05, 3.63) is 40.7 Å². The largest absolute Gasteiger partial charge is 0.416 e. The van der Waals surface area contributed by atoms with Crippen LogP contribution in [0, 0.1) is 0 Å². The van der Waals surface area contributed by atoms with Gasteiger partial charge in [0, 0.05) is 6.54 Å². The maximum absolute atomic E-state index is 12.5. The van der Waals surface area contributed by atoms with Crippen molar-refractivity contribution in [2.75, 3.05) is 11.1 Å². The molecule has 1 heterocycles. The van der Waals surface area contributed by atoms with Crippen LogP contribution in [0.4, 0.5) is 25.1 Å². The molecule has 0 atom stereocenters. The predicted molar refractivity (Wildman–Crippen MR) is 68.0 cm³/mol. The lowest BCUT2D eigenvalue weighted by atomic mass is 10.1. The van der Waals surface area contributed by atoms with Gasteiger partial charge >= 0.3 is 6.18 Å². The Labute approximate surface area is 117 Å². The number of hydrogen-bond acceptors (Lipinski definition) is 5. The van der Waals surface area contributed by atoms with E-state index in [0.29, 0.717) is 5.56 Å². The van der Waals surface area contributed by atoms with Crippen LogP contribution in [0.2, 0.25) is 5.28 Å². The summed E-state index contributed by atoms with van der Waals surface area (Å²) in [7, 11) is 0. The number of nitrogens with zero attached hydrogens (tertiary/aromatic N) is 3. The summed E-state index contributed by atoms with van der Waals surface area (Å²) in [6, 6.07) is 4.92. The number of hydrogen-bond donors (Lipinski definition) is 2. The molecule has 0 aliphatic rings. The molecule has 0 unspecified atom stereocenters. The van der Waals surface area contributed by atoms with Crippen LogP contribution in [0.5, 0.6) is 0 Å². The van der Waals surface area contributed by atoms with Gasteiger partial charge in [0.05, 0.1) is 5.56 Å². The maximum atomic E-state index is 12.5. The van der Waals surface area contributed by atoms with E-state index in [2.05, 4.69) is 20.3 Å². The van der Waals surface area contributed by atoms with E-state index in [9.17, 15) is 13.2 Å². The van der Waals surface area contributed by atoms with Gasteiger partial charge in [-0.15, -0.1) is 0 Å². The average Bonchev–Trinajstić information content (AvgIpc) is 2.35. The first-order valence-corrected chi connectivity index (χ1v) is 5.79. The molecule has 0 aliphatic heterocycles. The third-order valence-corrected chi connectivity index (χ3v) is 2.50. The van der Waals surface area contributed by atoms with Crippen LogP contribution in [-0.4, -0.2) is 15.0 Å². The van der Waals surface area contributed by atoms with Gasteiger partial charge in [-0.2, -0.15) is 28.1 Å². The van der Waals surface area contributed by atoms with Crippen LogP contribution in [0.1, 0.15) is 11.1 Å². The van der Waals surface area contributed by atoms with Gasteiger partial charge in [-0.3, -0.25) is 0 Å². The van der Waals surface area contributed by atoms with Crippen molar-refractivity contribution in [2.24, 2.45) is 0 Å². The summed E-state index contributed by atoms with van der Waals surface area (Å²) in [5.41, 5.74) is 5.08. The number of halogens is 4. The Morgan fingerprint density at radius 1 is 1.20 bits per heavy atom. The van der Waals surface area contributed by atoms with E-state index in [1.54, 1.807) is 6.07 Å². The molecule has 0 radical (unpaired) electrons. The Balaban J connectivity index is 2.11. The summed E-state index contributed by atoms with van der Waals surface area (Å²) in [6.45, 7) is 0.101. The van der Waals surface area contributed by atoms with E-state index in [1.165, 1.54) is 6.07 Å². The van der Waals surface area contributed by atoms with E-state index in [1.807, 2.05) is 0 Å². The highest BCUT2D eigenvalue weighted by Crippen LogP contribution is 2.29. The fourth-order valence-electron chi connectivity index (χ4n) is 1.48. The molecule has 0 saturated heterocycles. The van der Waals surface area contributed by atoms with Gasteiger partial charge in [0.1, 0.15) is 0 Å². The second-order valence-corrected chi connectivity index (χ2v) is 4.18. The fraction of sp³-hybridized carbons (Fsp3) is 0.182. The van der Waals surface area contributed by atoms with E-state index < -0.39 is 11.7 Å². The van der Waals surface area contributed by atoms with Gasteiger partial charge in [0.15, 0.2) is 0 Å². The molecule has 9 heteroatoms. The van der Waals surface area contributed by atoms with Crippen LogP contribution >= 0.6 is 11.6 Å². The molecule has 3 N–H and O–H groups in total. The number of anilines is 2. The molecule has 0 amide bonds. The van der Waals surface area contributed by atoms with Crippen molar-refractivity contribution in [1.82, 2.24) is 15.0 Å². The highest BCUT2D eigenvalue weighted by Gasteiger charge is 2.30. The minimum atomic E-state index is -4.38. The molecule has 2 aromatic rings. The van der Waals surface area contributed by atoms with Crippen molar-refractivity contribution in [2.45, 2.75) is 12.7 Å². The van der Waals surface area contributed by atoms with Gasteiger partial charge in [0.2, 0.25) is 17.2 Å². The Bertz CT molecular complexity index is 597. The van der Waals surface area contributed by atoms with Gasteiger partial charge in [0.25, 0.3) is 0 Å². The molecule has 0 saturated carbocycles. The van der Waals surface area contributed by atoms with Crippen LogP contribution in [0.3, 0.4) is 0 Å². The fourth-order valence-corrected chi connectivity index (χ4v) is 1.65. The van der Waals surface area contributed by atoms with Crippen LogP contribution in [0.15, 0.2) is 24.3 Å². The molecular weight excluding hydrogens is 295 g/mol. The highest BCUT2D eigenvalue weighted by molar-refractivity contribution is 6.28. The molecular formula is C11H9ClF3N5. The molecule has 0 aliphatic carbocycles. The second-order valence-electron chi connectivity index (χ2n) is 3.84. The smallest absolute Gasteiger partial charge is 0.368 e. The van der Waals surface area contributed by atoms with Crippen molar-refractivity contribution in [3.8, 4) is 0 Å². The van der Waals surface area contributed by atoms with Crippen LogP contribution in [-0.2, 0) is 12.7 Å². The Morgan fingerprint density at radius 2 is 1.95 bits per heavy atom. The number of rotatable bonds is 3. The number of nitrogens with one attached hydrogen (secondary N) is 1. The lowest BCUT2D eigenvalue weighted by Gasteiger charge is -2.09. The zero-order chi connectivity index (χ0) is 14.8. The molecule has 1 aromatic carbocycles. The average molecular weight is 304 g/mol. The van der Waals surface area contributed by atoms with E-state index in [0.717, 1.165) is 12.1 Å². The Morgan fingerprint density at radius 3 is 2.60 bits per heavy atom. The zero-order valence-electron chi connectivity index (χ0n) is 9.95. The predicted octanol–water partition coefficient (Wildman–Crippen LogP) is 2.74. The third-order valence-electron chi connectivity index (χ3n) is 2.33. The normalized spacial score (nSPS) is 11.4. The number of nitrogens with two attached hydrogens (primary N) is 1. The van der Waals surface area contributed by atoms with E-state index in [-0.39, 0.29) is 23.7 Å². The number of benzene rings is 1. The van der Waals surface area contributed by atoms with E-state index in [4.69, 9.17) is 17.3 Å². The molecule has 0 spiro atoms. The minimum Gasteiger partial charge on any atom is -0.368 e. The summed E-state index contributed by atoms with van der Waals surface area (Å²) in [5.74, 6) is 0.0245.